The fourth-order valence-electron chi connectivity index (χ4n) is 3.23. The van der Waals surface area contributed by atoms with Gasteiger partial charge in [0.15, 0.2) is 5.65 Å². The van der Waals surface area contributed by atoms with Crippen LogP contribution in [0.4, 0.5) is 0 Å². The molecule has 0 amide bonds. The minimum atomic E-state index is -0.0577. The molecule has 0 spiro atoms. The molecule has 0 N–H and O–H groups in total. The lowest BCUT2D eigenvalue weighted by molar-refractivity contribution is 0.494. The monoisotopic (exact) mass is 280 g/mol. The van der Waals surface area contributed by atoms with Crippen molar-refractivity contribution in [1.82, 2.24) is 19.3 Å². The predicted octanol–water partition coefficient (Wildman–Crippen LogP) is 3.98. The molecular weight excluding hydrogens is 260 g/mol. The summed E-state index contributed by atoms with van der Waals surface area (Å²) in [6.07, 6.45) is 5.07. The molecule has 1 saturated carbocycles. The first-order valence-corrected chi connectivity index (χ1v) is 7.66. The molecule has 104 valence electrons. The van der Waals surface area contributed by atoms with Gasteiger partial charge in [-0.05, 0) is 33.6 Å². The number of fused-ring (bicyclic) bond motifs is 1. The molecule has 4 nitrogen and oxygen atoms in total. The molecule has 0 aliphatic heterocycles. The summed E-state index contributed by atoms with van der Waals surface area (Å²) in [5, 5.41) is 4.53. The van der Waals surface area contributed by atoms with Crippen molar-refractivity contribution in [3.05, 3.63) is 11.5 Å². The summed E-state index contributed by atoms with van der Waals surface area (Å²) in [5.74, 6) is 1.01. The zero-order valence-corrected chi connectivity index (χ0v) is 12.6. The van der Waals surface area contributed by atoms with Gasteiger partial charge in [0.25, 0.3) is 0 Å². The van der Waals surface area contributed by atoms with Gasteiger partial charge < -0.3 is 4.57 Å². The third kappa shape index (κ3) is 1.97. The van der Waals surface area contributed by atoms with E-state index in [0.717, 1.165) is 29.2 Å². The topological polar surface area (TPSA) is 35.6 Å². The van der Waals surface area contributed by atoms with E-state index in [-0.39, 0.29) is 5.38 Å². The number of alkyl halides is 1. The summed E-state index contributed by atoms with van der Waals surface area (Å²) in [5.41, 5.74) is 3.19. The quantitative estimate of drug-likeness (QED) is 0.798. The molecule has 1 aliphatic carbocycles. The Morgan fingerprint density at radius 2 is 2.05 bits per heavy atom. The maximum atomic E-state index is 6.35. The zero-order valence-electron chi connectivity index (χ0n) is 11.9. The van der Waals surface area contributed by atoms with E-state index in [0.29, 0.717) is 6.04 Å². The van der Waals surface area contributed by atoms with Crippen molar-refractivity contribution in [3.63, 3.8) is 0 Å². The van der Waals surface area contributed by atoms with Crippen LogP contribution in [0, 0.1) is 6.92 Å². The first-order chi connectivity index (χ1) is 9.13. The summed E-state index contributed by atoms with van der Waals surface area (Å²) in [7, 11) is 0. The van der Waals surface area contributed by atoms with Gasteiger partial charge in [0.2, 0.25) is 0 Å². The number of rotatable bonds is 3. The van der Waals surface area contributed by atoms with Gasteiger partial charge in [-0.2, -0.15) is 5.10 Å². The van der Waals surface area contributed by atoms with Crippen molar-refractivity contribution in [3.8, 4) is 0 Å². The molecule has 0 bridgehead atoms. The smallest absolute Gasteiger partial charge is 0.159 e. The first-order valence-electron chi connectivity index (χ1n) is 7.22. The molecule has 1 aliphatic rings. The Hall–Kier alpha value is -1.03. The SMILES string of the molecule is CCn1nc(C)c2nc(C(C)Cl)n(C3CCCC3)c21. The molecule has 3 rings (SSSR count). The summed E-state index contributed by atoms with van der Waals surface area (Å²) >= 11 is 6.35. The van der Waals surface area contributed by atoms with Crippen LogP contribution in [0.1, 0.15) is 62.5 Å². The average Bonchev–Trinajstić information content (AvgIpc) is 3.05. The summed E-state index contributed by atoms with van der Waals surface area (Å²) in [6, 6.07) is 0.544. The Morgan fingerprint density at radius 3 is 2.63 bits per heavy atom. The largest absolute Gasteiger partial charge is 0.309 e. The van der Waals surface area contributed by atoms with Crippen LogP contribution < -0.4 is 0 Å². The van der Waals surface area contributed by atoms with Crippen molar-refractivity contribution in [2.75, 3.05) is 0 Å². The molecule has 2 aromatic rings. The van der Waals surface area contributed by atoms with Gasteiger partial charge in [-0.15, -0.1) is 11.6 Å². The molecule has 1 unspecified atom stereocenters. The molecule has 5 heteroatoms. The zero-order chi connectivity index (χ0) is 13.6. The lowest BCUT2D eigenvalue weighted by atomic mass is 10.2. The van der Waals surface area contributed by atoms with Crippen molar-refractivity contribution in [1.29, 1.82) is 0 Å². The van der Waals surface area contributed by atoms with Crippen LogP contribution in [0.15, 0.2) is 0 Å². The van der Waals surface area contributed by atoms with E-state index in [1.165, 1.54) is 25.7 Å². The van der Waals surface area contributed by atoms with Crippen molar-refractivity contribution >= 4 is 22.8 Å². The van der Waals surface area contributed by atoms with Gasteiger partial charge in [0.05, 0.1) is 11.1 Å². The third-order valence-corrected chi connectivity index (χ3v) is 4.31. The lowest BCUT2D eigenvalue weighted by Crippen LogP contribution is -2.13. The van der Waals surface area contributed by atoms with Crippen LogP contribution in [-0.2, 0) is 6.54 Å². The first kappa shape index (κ1) is 13.0. The minimum Gasteiger partial charge on any atom is -0.309 e. The molecule has 1 atom stereocenters. The third-order valence-electron chi connectivity index (χ3n) is 4.12. The molecule has 2 aromatic heterocycles. The number of imidazole rings is 1. The molecule has 0 radical (unpaired) electrons. The molecule has 19 heavy (non-hydrogen) atoms. The van der Waals surface area contributed by atoms with E-state index in [1.807, 2.05) is 13.8 Å². The Kier molecular flexibility index (Phi) is 3.29. The van der Waals surface area contributed by atoms with Crippen molar-refractivity contribution in [2.24, 2.45) is 0 Å². The molecular formula is C14H21ClN4. The van der Waals surface area contributed by atoms with E-state index in [4.69, 9.17) is 16.6 Å². The second-order valence-electron chi connectivity index (χ2n) is 5.47. The van der Waals surface area contributed by atoms with E-state index < -0.39 is 0 Å². The lowest BCUT2D eigenvalue weighted by Gasteiger charge is -2.17. The van der Waals surface area contributed by atoms with Gasteiger partial charge in [-0.3, -0.25) is 0 Å². The van der Waals surface area contributed by atoms with E-state index >= 15 is 0 Å². The highest BCUT2D eigenvalue weighted by atomic mass is 35.5. The van der Waals surface area contributed by atoms with Gasteiger partial charge in [-0.25, -0.2) is 9.67 Å². The second kappa shape index (κ2) is 4.82. The Balaban J connectivity index is 2.26. The van der Waals surface area contributed by atoms with E-state index in [1.54, 1.807) is 0 Å². The average molecular weight is 281 g/mol. The Morgan fingerprint density at radius 1 is 1.37 bits per heavy atom. The molecule has 2 heterocycles. The van der Waals surface area contributed by atoms with Crippen molar-refractivity contribution < 1.29 is 0 Å². The highest BCUT2D eigenvalue weighted by molar-refractivity contribution is 6.20. The van der Waals surface area contributed by atoms with Crippen LogP contribution in [0.3, 0.4) is 0 Å². The molecule has 0 aromatic carbocycles. The van der Waals surface area contributed by atoms with E-state index in [9.17, 15) is 0 Å². The number of halogens is 1. The van der Waals surface area contributed by atoms with Crippen LogP contribution in [0.2, 0.25) is 0 Å². The number of aryl methyl sites for hydroxylation is 2. The maximum Gasteiger partial charge on any atom is 0.159 e. The van der Waals surface area contributed by atoms with E-state index in [2.05, 4.69) is 21.3 Å². The van der Waals surface area contributed by atoms with Crippen LogP contribution in [0.5, 0.6) is 0 Å². The van der Waals surface area contributed by atoms with Crippen molar-refractivity contribution in [2.45, 2.75) is 64.4 Å². The normalized spacial score (nSPS) is 18.5. The fraction of sp³-hybridized carbons (Fsp3) is 0.714. The molecule has 1 fully saturated rings. The highest BCUT2D eigenvalue weighted by Crippen LogP contribution is 2.37. The number of nitrogens with zero attached hydrogens (tertiary/aromatic N) is 4. The molecule has 0 saturated heterocycles. The summed E-state index contributed by atoms with van der Waals surface area (Å²) in [4.78, 5) is 4.77. The number of aromatic nitrogens is 4. The Bertz CT molecular complexity index is 590. The Labute approximate surface area is 118 Å². The van der Waals surface area contributed by atoms with Crippen LogP contribution in [-0.4, -0.2) is 19.3 Å². The number of hydrogen-bond donors (Lipinski definition) is 0. The minimum absolute atomic E-state index is 0.0577. The standard InChI is InChI=1S/C14H21ClN4/c1-4-18-14-12(10(3)17-18)16-13(9(2)15)19(14)11-7-5-6-8-11/h9,11H,4-8H2,1-3H3. The van der Waals surface area contributed by atoms with Gasteiger partial charge in [0.1, 0.15) is 11.3 Å². The second-order valence-corrected chi connectivity index (χ2v) is 6.12. The summed E-state index contributed by atoms with van der Waals surface area (Å²) < 4.78 is 4.43. The van der Waals surface area contributed by atoms with Crippen LogP contribution in [0.25, 0.3) is 11.2 Å². The summed E-state index contributed by atoms with van der Waals surface area (Å²) in [6.45, 7) is 7.04. The van der Waals surface area contributed by atoms with Crippen LogP contribution >= 0.6 is 11.6 Å². The fourth-order valence-corrected chi connectivity index (χ4v) is 3.38. The number of hydrogen-bond acceptors (Lipinski definition) is 2. The predicted molar refractivity (Wildman–Crippen MR) is 77.7 cm³/mol. The highest BCUT2D eigenvalue weighted by Gasteiger charge is 2.27. The van der Waals surface area contributed by atoms with Gasteiger partial charge in [-0.1, -0.05) is 12.8 Å². The van der Waals surface area contributed by atoms with Gasteiger partial charge >= 0.3 is 0 Å². The van der Waals surface area contributed by atoms with Gasteiger partial charge in [0, 0.05) is 12.6 Å². The maximum absolute atomic E-state index is 6.35.